The molecular formula is C21H23N5O2. The number of aromatic nitrogens is 3. The Bertz CT molecular complexity index is 1080. The van der Waals surface area contributed by atoms with E-state index in [0.29, 0.717) is 17.2 Å². The van der Waals surface area contributed by atoms with Gasteiger partial charge in [0.05, 0.1) is 16.6 Å². The molecule has 0 radical (unpaired) electrons. The van der Waals surface area contributed by atoms with Crippen LogP contribution >= 0.6 is 0 Å². The molecule has 0 aliphatic heterocycles. The first-order chi connectivity index (χ1) is 13.3. The van der Waals surface area contributed by atoms with Gasteiger partial charge in [0.15, 0.2) is 5.65 Å². The molecule has 144 valence electrons. The fourth-order valence-electron chi connectivity index (χ4n) is 3.38. The molecule has 1 aromatic carbocycles. The van der Waals surface area contributed by atoms with E-state index in [4.69, 9.17) is 4.98 Å². The first-order valence-electron chi connectivity index (χ1n) is 9.35. The van der Waals surface area contributed by atoms with E-state index < -0.39 is 0 Å². The molecule has 4 rings (SSSR count). The number of hydrogen-bond acceptors (Lipinski definition) is 4. The molecule has 1 saturated carbocycles. The normalized spacial score (nSPS) is 13.6. The number of nitrogens with zero attached hydrogens (tertiary/aromatic N) is 4. The minimum atomic E-state index is -0.182. The second-order valence-electron chi connectivity index (χ2n) is 7.36. The predicted octanol–water partition coefficient (Wildman–Crippen LogP) is 3.39. The van der Waals surface area contributed by atoms with Gasteiger partial charge in [-0.1, -0.05) is 0 Å². The number of carbonyl (C=O) groups excluding carboxylic acids is 2. The zero-order valence-electron chi connectivity index (χ0n) is 16.5. The summed E-state index contributed by atoms with van der Waals surface area (Å²) in [5.74, 6) is 0.209. The van der Waals surface area contributed by atoms with E-state index in [2.05, 4.69) is 10.4 Å². The highest BCUT2D eigenvalue weighted by Gasteiger charge is 2.28. The number of fused-ring (bicyclic) bond motifs is 1. The number of rotatable bonds is 4. The van der Waals surface area contributed by atoms with Crippen molar-refractivity contribution in [2.24, 2.45) is 7.05 Å². The van der Waals surface area contributed by atoms with Gasteiger partial charge in [0.1, 0.15) is 0 Å². The van der Waals surface area contributed by atoms with Gasteiger partial charge >= 0.3 is 0 Å². The molecule has 7 nitrogen and oxygen atoms in total. The molecule has 1 aliphatic rings. The van der Waals surface area contributed by atoms with Gasteiger partial charge in [-0.25, -0.2) is 4.98 Å². The Balaban J connectivity index is 1.66. The van der Waals surface area contributed by atoms with Crippen molar-refractivity contribution in [1.29, 1.82) is 0 Å². The summed E-state index contributed by atoms with van der Waals surface area (Å²) >= 11 is 0. The largest absolute Gasteiger partial charge is 0.322 e. The number of amides is 2. The van der Waals surface area contributed by atoms with E-state index in [1.807, 2.05) is 32.2 Å². The van der Waals surface area contributed by atoms with Crippen LogP contribution in [0.5, 0.6) is 0 Å². The van der Waals surface area contributed by atoms with E-state index in [9.17, 15) is 9.59 Å². The van der Waals surface area contributed by atoms with Gasteiger partial charge < -0.3 is 10.2 Å². The molecular weight excluding hydrogens is 354 g/mol. The molecule has 0 spiro atoms. The van der Waals surface area contributed by atoms with E-state index in [1.54, 1.807) is 28.8 Å². The Labute approximate surface area is 163 Å². The summed E-state index contributed by atoms with van der Waals surface area (Å²) < 4.78 is 1.74. The monoisotopic (exact) mass is 377 g/mol. The maximum Gasteiger partial charge on any atom is 0.256 e. The minimum absolute atomic E-state index is 0.0457. The van der Waals surface area contributed by atoms with Gasteiger partial charge in [-0.3, -0.25) is 14.3 Å². The molecule has 0 atom stereocenters. The summed E-state index contributed by atoms with van der Waals surface area (Å²) in [6, 6.07) is 9.11. The van der Waals surface area contributed by atoms with Gasteiger partial charge in [-0.2, -0.15) is 5.10 Å². The van der Waals surface area contributed by atoms with E-state index in [-0.39, 0.29) is 11.8 Å². The average Bonchev–Trinajstić information content (AvgIpc) is 3.48. The summed E-state index contributed by atoms with van der Waals surface area (Å²) in [5.41, 5.74) is 4.53. The van der Waals surface area contributed by atoms with Gasteiger partial charge in [0, 0.05) is 44.0 Å². The maximum atomic E-state index is 13.1. The Hall–Kier alpha value is -3.22. The topological polar surface area (TPSA) is 80.1 Å². The van der Waals surface area contributed by atoms with Crippen LogP contribution in [0.3, 0.4) is 0 Å². The lowest BCUT2D eigenvalue weighted by atomic mass is 10.1. The highest BCUT2D eigenvalue weighted by molar-refractivity contribution is 6.12. The fourth-order valence-corrected chi connectivity index (χ4v) is 3.38. The quantitative estimate of drug-likeness (QED) is 0.756. The van der Waals surface area contributed by atoms with Crippen molar-refractivity contribution in [3.05, 3.63) is 47.3 Å². The lowest BCUT2D eigenvalue weighted by Gasteiger charge is -2.15. The summed E-state index contributed by atoms with van der Waals surface area (Å²) in [4.78, 5) is 30.8. The van der Waals surface area contributed by atoms with E-state index in [1.165, 1.54) is 6.92 Å². The van der Waals surface area contributed by atoms with Crippen molar-refractivity contribution in [1.82, 2.24) is 14.8 Å². The molecule has 2 aromatic heterocycles. The number of pyridine rings is 1. The first kappa shape index (κ1) is 18.2. The SMILES string of the molecule is CC(=O)N(C)c1ccc(NC(=O)c2cc(C3CC3)nc3c2c(C)nn3C)cc1. The lowest BCUT2D eigenvalue weighted by Crippen LogP contribution is -2.22. The smallest absolute Gasteiger partial charge is 0.256 e. The second-order valence-corrected chi connectivity index (χ2v) is 7.36. The van der Waals surface area contributed by atoms with Crippen LogP contribution in [0.25, 0.3) is 11.0 Å². The van der Waals surface area contributed by atoms with Crippen LogP contribution < -0.4 is 10.2 Å². The molecule has 1 fully saturated rings. The van der Waals surface area contributed by atoms with Crippen molar-refractivity contribution in [2.45, 2.75) is 32.6 Å². The van der Waals surface area contributed by atoms with Crippen molar-refractivity contribution >= 4 is 34.2 Å². The van der Waals surface area contributed by atoms with Crippen molar-refractivity contribution in [2.75, 3.05) is 17.3 Å². The summed E-state index contributed by atoms with van der Waals surface area (Å²) in [6.07, 6.45) is 2.23. The maximum absolute atomic E-state index is 13.1. The highest BCUT2D eigenvalue weighted by Crippen LogP contribution is 2.40. The van der Waals surface area contributed by atoms with Crippen LogP contribution in [-0.2, 0) is 11.8 Å². The van der Waals surface area contributed by atoms with Crippen LogP contribution in [0.15, 0.2) is 30.3 Å². The average molecular weight is 377 g/mol. The van der Waals surface area contributed by atoms with Gasteiger partial charge in [0.2, 0.25) is 5.91 Å². The number of benzene rings is 1. The molecule has 3 aromatic rings. The third-order valence-corrected chi connectivity index (χ3v) is 5.21. The van der Waals surface area contributed by atoms with E-state index in [0.717, 1.165) is 41.0 Å². The molecule has 28 heavy (non-hydrogen) atoms. The second kappa shape index (κ2) is 6.74. The summed E-state index contributed by atoms with van der Waals surface area (Å²) in [6.45, 7) is 3.40. The molecule has 2 heterocycles. The molecule has 0 saturated heterocycles. The standard InChI is InChI=1S/C21H23N5O2/c1-12-19-17(11-18(14-5-6-14)23-20(19)26(4)24-12)21(28)22-15-7-9-16(10-8-15)25(3)13(2)27/h7-11,14H,5-6H2,1-4H3,(H,22,28). The third-order valence-electron chi connectivity index (χ3n) is 5.21. The van der Waals surface area contributed by atoms with Crippen LogP contribution in [0.2, 0.25) is 0 Å². The Morgan fingerprint density at radius 2 is 1.89 bits per heavy atom. The molecule has 0 bridgehead atoms. The number of anilines is 2. The van der Waals surface area contributed by atoms with Gasteiger partial charge in [-0.15, -0.1) is 0 Å². The third kappa shape index (κ3) is 3.24. The molecule has 7 heteroatoms. The molecule has 1 aliphatic carbocycles. The first-order valence-corrected chi connectivity index (χ1v) is 9.35. The van der Waals surface area contributed by atoms with Crippen LogP contribution in [0.4, 0.5) is 11.4 Å². The molecule has 2 amide bonds. The van der Waals surface area contributed by atoms with Crippen LogP contribution in [0.1, 0.15) is 47.4 Å². The number of aryl methyl sites for hydroxylation is 2. The zero-order valence-corrected chi connectivity index (χ0v) is 16.5. The number of hydrogen-bond donors (Lipinski definition) is 1. The minimum Gasteiger partial charge on any atom is -0.322 e. The zero-order chi connectivity index (χ0) is 20.0. The lowest BCUT2D eigenvalue weighted by molar-refractivity contribution is -0.116. The summed E-state index contributed by atoms with van der Waals surface area (Å²) in [7, 11) is 3.57. The van der Waals surface area contributed by atoms with Crippen molar-refractivity contribution in [3.63, 3.8) is 0 Å². The fraction of sp³-hybridized carbons (Fsp3) is 0.333. The number of nitrogens with one attached hydrogen (secondary N) is 1. The van der Waals surface area contributed by atoms with Crippen LogP contribution in [-0.4, -0.2) is 33.6 Å². The Morgan fingerprint density at radius 3 is 2.50 bits per heavy atom. The molecule has 1 N–H and O–H groups in total. The Kier molecular flexibility index (Phi) is 4.37. The van der Waals surface area contributed by atoms with Crippen LogP contribution in [0, 0.1) is 6.92 Å². The predicted molar refractivity (Wildman–Crippen MR) is 109 cm³/mol. The molecule has 0 unspecified atom stereocenters. The van der Waals surface area contributed by atoms with Crippen molar-refractivity contribution < 1.29 is 9.59 Å². The summed E-state index contributed by atoms with van der Waals surface area (Å²) in [5, 5.41) is 8.20. The number of carbonyl (C=O) groups is 2. The Morgan fingerprint density at radius 1 is 1.21 bits per heavy atom. The van der Waals surface area contributed by atoms with Gasteiger partial charge in [-0.05, 0) is 50.1 Å². The highest BCUT2D eigenvalue weighted by atomic mass is 16.2. The van der Waals surface area contributed by atoms with Crippen molar-refractivity contribution in [3.8, 4) is 0 Å². The van der Waals surface area contributed by atoms with Gasteiger partial charge in [0.25, 0.3) is 5.91 Å². The van der Waals surface area contributed by atoms with E-state index >= 15 is 0 Å².